The van der Waals surface area contributed by atoms with Crippen LogP contribution in [0.1, 0.15) is 29.7 Å². The molecule has 0 saturated carbocycles. The van der Waals surface area contributed by atoms with E-state index in [-0.39, 0.29) is 0 Å². The molecule has 0 N–H and O–H groups in total. The van der Waals surface area contributed by atoms with Crippen LogP contribution in [0.15, 0.2) is 30.3 Å². The van der Waals surface area contributed by atoms with E-state index in [1.807, 2.05) is 0 Å². The molecule has 1 aromatic heterocycles. The van der Waals surface area contributed by atoms with E-state index in [2.05, 4.69) is 49.9 Å². The summed E-state index contributed by atoms with van der Waals surface area (Å²) in [5.41, 5.74) is 3.99. The highest BCUT2D eigenvalue weighted by Gasteiger charge is 2.29. The summed E-state index contributed by atoms with van der Waals surface area (Å²) in [6, 6.07) is 10.8. The predicted octanol–water partition coefficient (Wildman–Crippen LogP) is 2.40. The summed E-state index contributed by atoms with van der Waals surface area (Å²) >= 11 is 0. The van der Waals surface area contributed by atoms with Crippen molar-refractivity contribution < 1.29 is 4.74 Å². The van der Waals surface area contributed by atoms with Gasteiger partial charge in [0.1, 0.15) is 5.82 Å². The zero-order chi connectivity index (χ0) is 21.8. The first-order valence-corrected chi connectivity index (χ1v) is 12.2. The van der Waals surface area contributed by atoms with Crippen molar-refractivity contribution in [3.63, 3.8) is 0 Å². The van der Waals surface area contributed by atoms with E-state index in [1.165, 1.54) is 35.5 Å². The van der Waals surface area contributed by atoms with Crippen LogP contribution in [0.25, 0.3) is 0 Å². The fourth-order valence-electron chi connectivity index (χ4n) is 5.14. The van der Waals surface area contributed by atoms with Gasteiger partial charge in [0, 0.05) is 84.5 Å². The molecule has 2 aromatic rings. The number of ether oxygens (including phenoxy) is 1. The molecule has 4 heterocycles. The second-order valence-electron chi connectivity index (χ2n) is 9.23. The Kier molecular flexibility index (Phi) is 6.86. The van der Waals surface area contributed by atoms with Crippen molar-refractivity contribution in [1.29, 1.82) is 0 Å². The van der Waals surface area contributed by atoms with Crippen molar-refractivity contribution in [2.24, 2.45) is 0 Å². The van der Waals surface area contributed by atoms with E-state index in [4.69, 9.17) is 14.7 Å². The van der Waals surface area contributed by atoms with Gasteiger partial charge in [-0.05, 0) is 18.4 Å². The lowest BCUT2D eigenvalue weighted by molar-refractivity contribution is 0.143. The SMILES string of the molecule is COCCN1CCN(c2nc(N3CCCC3)nc3c2CN(Cc2ccccc2)CC3)CC1. The molecule has 0 radical (unpaired) electrons. The summed E-state index contributed by atoms with van der Waals surface area (Å²) in [5.74, 6) is 2.13. The van der Waals surface area contributed by atoms with Gasteiger partial charge in [0.15, 0.2) is 0 Å². The van der Waals surface area contributed by atoms with Crippen molar-refractivity contribution in [1.82, 2.24) is 19.8 Å². The van der Waals surface area contributed by atoms with Crippen LogP contribution < -0.4 is 9.80 Å². The van der Waals surface area contributed by atoms with Gasteiger partial charge in [0.2, 0.25) is 5.95 Å². The van der Waals surface area contributed by atoms with E-state index in [0.717, 1.165) is 84.4 Å². The number of benzene rings is 1. The number of aromatic nitrogens is 2. The monoisotopic (exact) mass is 436 g/mol. The Bertz CT molecular complexity index is 878. The molecule has 1 aromatic carbocycles. The number of fused-ring (bicyclic) bond motifs is 1. The molecular weight excluding hydrogens is 400 g/mol. The average Bonchev–Trinajstić information content (AvgIpc) is 3.38. The molecule has 5 rings (SSSR count). The molecule has 32 heavy (non-hydrogen) atoms. The van der Waals surface area contributed by atoms with E-state index >= 15 is 0 Å². The van der Waals surface area contributed by atoms with E-state index in [9.17, 15) is 0 Å². The Morgan fingerprint density at radius 2 is 1.62 bits per heavy atom. The van der Waals surface area contributed by atoms with Gasteiger partial charge in [-0.15, -0.1) is 0 Å². The first kappa shape index (κ1) is 21.6. The molecule has 2 saturated heterocycles. The lowest BCUT2D eigenvalue weighted by atomic mass is 10.0. The number of piperazine rings is 1. The molecule has 3 aliphatic heterocycles. The molecule has 0 atom stereocenters. The highest BCUT2D eigenvalue weighted by Crippen LogP contribution is 2.31. The van der Waals surface area contributed by atoms with Crippen LogP contribution in [-0.2, 0) is 24.2 Å². The second-order valence-corrected chi connectivity index (χ2v) is 9.23. The van der Waals surface area contributed by atoms with Crippen LogP contribution in [0.4, 0.5) is 11.8 Å². The van der Waals surface area contributed by atoms with Gasteiger partial charge < -0.3 is 14.5 Å². The molecule has 3 aliphatic rings. The maximum atomic E-state index is 5.28. The minimum atomic E-state index is 0.802. The zero-order valence-electron chi connectivity index (χ0n) is 19.4. The van der Waals surface area contributed by atoms with Crippen LogP contribution in [0.2, 0.25) is 0 Å². The number of nitrogens with zero attached hydrogens (tertiary/aromatic N) is 6. The fraction of sp³-hybridized carbons (Fsp3) is 0.600. The molecule has 0 aliphatic carbocycles. The Hall–Kier alpha value is -2.22. The minimum absolute atomic E-state index is 0.802. The largest absolute Gasteiger partial charge is 0.383 e. The highest BCUT2D eigenvalue weighted by molar-refractivity contribution is 5.55. The predicted molar refractivity (Wildman–Crippen MR) is 128 cm³/mol. The number of anilines is 2. The number of hydrogen-bond donors (Lipinski definition) is 0. The Labute approximate surface area is 192 Å². The Balaban J connectivity index is 1.38. The van der Waals surface area contributed by atoms with Crippen LogP contribution in [0.3, 0.4) is 0 Å². The van der Waals surface area contributed by atoms with Crippen LogP contribution in [-0.4, -0.2) is 85.8 Å². The fourth-order valence-corrected chi connectivity index (χ4v) is 5.14. The van der Waals surface area contributed by atoms with Crippen LogP contribution in [0.5, 0.6) is 0 Å². The molecule has 7 heteroatoms. The first-order chi connectivity index (χ1) is 15.8. The third kappa shape index (κ3) is 4.90. The number of rotatable bonds is 7. The van der Waals surface area contributed by atoms with Crippen molar-refractivity contribution in [2.45, 2.75) is 32.4 Å². The van der Waals surface area contributed by atoms with Gasteiger partial charge in [0.25, 0.3) is 0 Å². The quantitative estimate of drug-likeness (QED) is 0.661. The average molecular weight is 437 g/mol. The third-order valence-electron chi connectivity index (χ3n) is 7.03. The van der Waals surface area contributed by atoms with Gasteiger partial charge in [-0.3, -0.25) is 9.80 Å². The van der Waals surface area contributed by atoms with Gasteiger partial charge in [-0.25, -0.2) is 4.98 Å². The van der Waals surface area contributed by atoms with E-state index in [1.54, 1.807) is 7.11 Å². The number of methoxy groups -OCH3 is 1. The number of hydrogen-bond acceptors (Lipinski definition) is 7. The van der Waals surface area contributed by atoms with Crippen LogP contribution in [0, 0.1) is 0 Å². The summed E-state index contributed by atoms with van der Waals surface area (Å²) in [6.07, 6.45) is 3.50. The molecule has 0 spiro atoms. The van der Waals surface area contributed by atoms with Crippen molar-refractivity contribution in [2.75, 3.05) is 75.9 Å². The smallest absolute Gasteiger partial charge is 0.227 e. The maximum absolute atomic E-state index is 5.28. The van der Waals surface area contributed by atoms with E-state index < -0.39 is 0 Å². The second kappa shape index (κ2) is 10.1. The normalized spacial score (nSPS) is 20.0. The van der Waals surface area contributed by atoms with E-state index in [0.29, 0.717) is 0 Å². The topological polar surface area (TPSA) is 48.0 Å². The standard InChI is InChI=1S/C25H36N6O/c1-32-18-17-28-13-15-30(16-14-28)24-22-20-29(19-21-7-3-2-4-8-21)12-9-23(22)26-25(27-24)31-10-5-6-11-31/h2-4,7-8H,5-6,9-20H2,1H3. The molecule has 172 valence electrons. The van der Waals surface area contributed by atoms with Gasteiger partial charge in [-0.1, -0.05) is 30.3 Å². The zero-order valence-corrected chi connectivity index (χ0v) is 19.4. The Morgan fingerprint density at radius 3 is 2.38 bits per heavy atom. The van der Waals surface area contributed by atoms with Gasteiger partial charge in [0.05, 0.1) is 12.3 Å². The van der Waals surface area contributed by atoms with Crippen LogP contribution >= 0.6 is 0 Å². The van der Waals surface area contributed by atoms with Crippen molar-refractivity contribution >= 4 is 11.8 Å². The Morgan fingerprint density at radius 1 is 0.844 bits per heavy atom. The van der Waals surface area contributed by atoms with Gasteiger partial charge in [-0.2, -0.15) is 4.98 Å². The molecule has 0 bridgehead atoms. The lowest BCUT2D eigenvalue weighted by Crippen LogP contribution is -2.48. The minimum Gasteiger partial charge on any atom is -0.383 e. The summed E-state index contributed by atoms with van der Waals surface area (Å²) in [5, 5.41) is 0. The third-order valence-corrected chi connectivity index (χ3v) is 7.03. The first-order valence-electron chi connectivity index (χ1n) is 12.2. The summed E-state index contributed by atoms with van der Waals surface area (Å²) in [4.78, 5) is 20.2. The molecule has 2 fully saturated rings. The van der Waals surface area contributed by atoms with Crippen molar-refractivity contribution in [3.8, 4) is 0 Å². The molecule has 7 nitrogen and oxygen atoms in total. The molecule has 0 amide bonds. The molecular formula is C25H36N6O. The summed E-state index contributed by atoms with van der Waals surface area (Å²) < 4.78 is 5.28. The highest BCUT2D eigenvalue weighted by atomic mass is 16.5. The van der Waals surface area contributed by atoms with Crippen molar-refractivity contribution in [3.05, 3.63) is 47.2 Å². The summed E-state index contributed by atoms with van der Waals surface area (Å²) in [6.45, 7) is 11.1. The lowest BCUT2D eigenvalue weighted by Gasteiger charge is -2.38. The molecule has 0 unspecified atom stereocenters. The van der Waals surface area contributed by atoms with Gasteiger partial charge >= 0.3 is 0 Å². The summed E-state index contributed by atoms with van der Waals surface area (Å²) in [7, 11) is 1.78. The maximum Gasteiger partial charge on any atom is 0.227 e.